The predicted octanol–water partition coefficient (Wildman–Crippen LogP) is 2.23. The molecule has 0 spiro atoms. The summed E-state index contributed by atoms with van der Waals surface area (Å²) < 4.78 is 0.757. The molecule has 0 aliphatic heterocycles. The van der Waals surface area contributed by atoms with Gasteiger partial charge in [-0.15, -0.1) is 11.3 Å². The highest BCUT2D eigenvalue weighted by Crippen LogP contribution is 2.17. The molecule has 0 aliphatic rings. The highest BCUT2D eigenvalue weighted by molar-refractivity contribution is 7.15. The van der Waals surface area contributed by atoms with Crippen molar-refractivity contribution < 1.29 is 0 Å². The lowest BCUT2D eigenvalue weighted by Gasteiger charge is -2.15. The standard InChI is InChI=1S/C10H18ClN3S/c1-8(4-5-14(2)3)12-7-10-13-6-9(11)15-10/h6,8,12H,4-5,7H2,1-3H3. The van der Waals surface area contributed by atoms with Gasteiger partial charge in [0.05, 0.1) is 6.20 Å². The largest absolute Gasteiger partial charge is 0.309 e. The molecule has 86 valence electrons. The summed E-state index contributed by atoms with van der Waals surface area (Å²) in [6.07, 6.45) is 2.85. The van der Waals surface area contributed by atoms with Crippen LogP contribution in [0, 0.1) is 0 Å². The molecule has 0 radical (unpaired) electrons. The van der Waals surface area contributed by atoms with Crippen molar-refractivity contribution in [3.05, 3.63) is 15.5 Å². The molecule has 15 heavy (non-hydrogen) atoms. The van der Waals surface area contributed by atoms with Crippen LogP contribution in [-0.2, 0) is 6.54 Å². The van der Waals surface area contributed by atoms with Crippen molar-refractivity contribution in [3.8, 4) is 0 Å². The van der Waals surface area contributed by atoms with E-state index in [2.05, 4.69) is 36.2 Å². The van der Waals surface area contributed by atoms with Crippen LogP contribution in [0.2, 0.25) is 4.34 Å². The van der Waals surface area contributed by atoms with Crippen molar-refractivity contribution in [3.63, 3.8) is 0 Å². The van der Waals surface area contributed by atoms with Gasteiger partial charge in [0, 0.05) is 12.6 Å². The highest BCUT2D eigenvalue weighted by Gasteiger charge is 2.04. The number of halogens is 1. The molecule has 1 heterocycles. The van der Waals surface area contributed by atoms with Gasteiger partial charge in [-0.2, -0.15) is 0 Å². The highest BCUT2D eigenvalue weighted by atomic mass is 35.5. The second-order valence-corrected chi connectivity index (χ2v) is 5.68. The Morgan fingerprint density at radius 3 is 2.87 bits per heavy atom. The van der Waals surface area contributed by atoms with Crippen LogP contribution in [0.1, 0.15) is 18.4 Å². The molecule has 0 bridgehead atoms. The molecule has 5 heteroatoms. The zero-order chi connectivity index (χ0) is 11.3. The molecule has 0 fully saturated rings. The minimum absolute atomic E-state index is 0.509. The fourth-order valence-corrected chi connectivity index (χ4v) is 2.09. The van der Waals surface area contributed by atoms with E-state index in [0.717, 1.165) is 28.9 Å². The zero-order valence-electron chi connectivity index (χ0n) is 9.46. The summed E-state index contributed by atoms with van der Waals surface area (Å²) in [5.74, 6) is 0. The third kappa shape index (κ3) is 5.47. The molecule has 1 aromatic rings. The maximum absolute atomic E-state index is 5.80. The van der Waals surface area contributed by atoms with E-state index < -0.39 is 0 Å². The van der Waals surface area contributed by atoms with Gasteiger partial charge in [0.1, 0.15) is 9.34 Å². The van der Waals surface area contributed by atoms with E-state index in [1.807, 2.05) is 0 Å². The maximum atomic E-state index is 5.80. The van der Waals surface area contributed by atoms with Gasteiger partial charge in [-0.1, -0.05) is 11.6 Å². The van der Waals surface area contributed by atoms with Crippen LogP contribution in [0.5, 0.6) is 0 Å². The van der Waals surface area contributed by atoms with E-state index in [9.17, 15) is 0 Å². The van der Waals surface area contributed by atoms with E-state index in [0.29, 0.717) is 6.04 Å². The van der Waals surface area contributed by atoms with Crippen LogP contribution in [0.4, 0.5) is 0 Å². The Morgan fingerprint density at radius 1 is 1.60 bits per heavy atom. The summed E-state index contributed by atoms with van der Waals surface area (Å²) in [5.41, 5.74) is 0. The molecule has 1 unspecified atom stereocenters. The van der Waals surface area contributed by atoms with Crippen molar-refractivity contribution in [2.45, 2.75) is 25.9 Å². The molecule has 0 saturated heterocycles. The van der Waals surface area contributed by atoms with Gasteiger partial charge in [-0.25, -0.2) is 4.98 Å². The van der Waals surface area contributed by atoms with Gasteiger partial charge in [0.15, 0.2) is 0 Å². The van der Waals surface area contributed by atoms with E-state index >= 15 is 0 Å². The molecular weight excluding hydrogens is 230 g/mol. The number of rotatable bonds is 6. The minimum Gasteiger partial charge on any atom is -0.309 e. The molecule has 0 saturated carbocycles. The van der Waals surface area contributed by atoms with E-state index in [4.69, 9.17) is 11.6 Å². The van der Waals surface area contributed by atoms with Crippen molar-refractivity contribution in [2.24, 2.45) is 0 Å². The monoisotopic (exact) mass is 247 g/mol. The SMILES string of the molecule is CC(CCN(C)C)NCc1ncc(Cl)s1. The average molecular weight is 248 g/mol. The number of hydrogen-bond acceptors (Lipinski definition) is 4. The Balaban J connectivity index is 2.19. The van der Waals surface area contributed by atoms with Gasteiger partial charge >= 0.3 is 0 Å². The third-order valence-electron chi connectivity index (χ3n) is 2.14. The van der Waals surface area contributed by atoms with E-state index in [1.165, 1.54) is 11.3 Å². The fourth-order valence-electron chi connectivity index (χ4n) is 1.19. The molecule has 1 aromatic heterocycles. The fraction of sp³-hybridized carbons (Fsp3) is 0.700. The molecule has 0 amide bonds. The van der Waals surface area contributed by atoms with E-state index in [-0.39, 0.29) is 0 Å². The molecular formula is C10H18ClN3S. The van der Waals surface area contributed by atoms with Gasteiger partial charge in [0.2, 0.25) is 0 Å². The summed E-state index contributed by atoms with van der Waals surface area (Å²) in [5, 5.41) is 4.48. The number of thiazole rings is 1. The topological polar surface area (TPSA) is 28.2 Å². The Hall–Kier alpha value is -0.160. The number of nitrogens with one attached hydrogen (secondary N) is 1. The lowest BCUT2D eigenvalue weighted by molar-refractivity contribution is 0.365. The average Bonchev–Trinajstić information content (AvgIpc) is 2.58. The van der Waals surface area contributed by atoms with Crippen LogP contribution in [0.3, 0.4) is 0 Å². The Kier molecular flexibility index (Phi) is 5.53. The molecule has 0 aromatic carbocycles. The normalized spacial score (nSPS) is 13.4. The summed E-state index contributed by atoms with van der Waals surface area (Å²) in [4.78, 5) is 6.39. The first kappa shape index (κ1) is 12.9. The molecule has 0 aliphatic carbocycles. The Morgan fingerprint density at radius 2 is 2.33 bits per heavy atom. The van der Waals surface area contributed by atoms with Crippen LogP contribution in [0.25, 0.3) is 0 Å². The van der Waals surface area contributed by atoms with Gasteiger partial charge in [-0.3, -0.25) is 0 Å². The molecule has 1 N–H and O–H groups in total. The Labute approximate surface area is 100 Å². The summed E-state index contributed by atoms with van der Waals surface area (Å²) in [7, 11) is 4.18. The minimum atomic E-state index is 0.509. The second kappa shape index (κ2) is 6.43. The van der Waals surface area contributed by atoms with Crippen molar-refractivity contribution >= 4 is 22.9 Å². The van der Waals surface area contributed by atoms with Gasteiger partial charge in [0.25, 0.3) is 0 Å². The van der Waals surface area contributed by atoms with E-state index in [1.54, 1.807) is 6.20 Å². The number of nitrogens with zero attached hydrogens (tertiary/aromatic N) is 2. The Bertz CT molecular complexity index is 288. The molecule has 1 atom stereocenters. The maximum Gasteiger partial charge on any atom is 0.113 e. The predicted molar refractivity (Wildman–Crippen MR) is 66.6 cm³/mol. The molecule has 3 nitrogen and oxygen atoms in total. The van der Waals surface area contributed by atoms with Gasteiger partial charge < -0.3 is 10.2 Å². The number of aromatic nitrogens is 1. The van der Waals surface area contributed by atoms with Crippen molar-refractivity contribution in [2.75, 3.05) is 20.6 Å². The van der Waals surface area contributed by atoms with Crippen LogP contribution in [-0.4, -0.2) is 36.6 Å². The quantitative estimate of drug-likeness (QED) is 0.836. The molecule has 1 rings (SSSR count). The van der Waals surface area contributed by atoms with Crippen molar-refractivity contribution in [1.82, 2.24) is 15.2 Å². The van der Waals surface area contributed by atoms with Crippen LogP contribution in [0.15, 0.2) is 6.20 Å². The summed E-state index contributed by atoms with van der Waals surface area (Å²) in [6, 6.07) is 0.509. The smallest absolute Gasteiger partial charge is 0.113 e. The van der Waals surface area contributed by atoms with Crippen LogP contribution < -0.4 is 5.32 Å². The van der Waals surface area contributed by atoms with Crippen LogP contribution >= 0.6 is 22.9 Å². The zero-order valence-corrected chi connectivity index (χ0v) is 11.0. The second-order valence-electron chi connectivity index (χ2n) is 3.93. The first-order valence-electron chi connectivity index (χ1n) is 5.06. The first-order valence-corrected chi connectivity index (χ1v) is 6.25. The summed E-state index contributed by atoms with van der Waals surface area (Å²) >= 11 is 7.34. The van der Waals surface area contributed by atoms with Gasteiger partial charge in [-0.05, 0) is 34.0 Å². The van der Waals surface area contributed by atoms with Crippen molar-refractivity contribution in [1.29, 1.82) is 0 Å². The first-order chi connectivity index (χ1) is 7.08. The lowest BCUT2D eigenvalue weighted by Crippen LogP contribution is -2.29. The summed E-state index contributed by atoms with van der Waals surface area (Å²) in [6.45, 7) is 4.11. The third-order valence-corrected chi connectivity index (χ3v) is 3.25. The number of hydrogen-bond donors (Lipinski definition) is 1. The lowest BCUT2D eigenvalue weighted by atomic mass is 10.2.